The first-order valence-electron chi connectivity index (χ1n) is 8.47. The third kappa shape index (κ3) is 2.48. The number of piperidine rings is 1. The fourth-order valence-electron chi connectivity index (χ4n) is 3.58. The molecule has 2 aromatic rings. The number of rotatable bonds is 2. The Hall–Kier alpha value is -2.63. The van der Waals surface area contributed by atoms with Crippen molar-refractivity contribution in [3.8, 4) is 0 Å². The van der Waals surface area contributed by atoms with Crippen LogP contribution in [0.3, 0.4) is 0 Å². The SMILES string of the molecule is CC1=C(C(=O)N2CCCCC2)C(c2ccccc2)n2ncnc2N1. The van der Waals surface area contributed by atoms with Gasteiger partial charge in [0, 0.05) is 18.8 Å². The Morgan fingerprint density at radius 2 is 1.92 bits per heavy atom. The first kappa shape index (κ1) is 14.9. The Balaban J connectivity index is 1.78. The smallest absolute Gasteiger partial charge is 0.254 e. The molecule has 0 saturated carbocycles. The molecule has 24 heavy (non-hydrogen) atoms. The molecule has 1 aromatic carbocycles. The maximum atomic E-state index is 13.2. The number of nitrogens with one attached hydrogen (secondary N) is 1. The zero-order valence-electron chi connectivity index (χ0n) is 13.8. The number of hydrogen-bond donors (Lipinski definition) is 1. The van der Waals surface area contributed by atoms with E-state index in [1.54, 1.807) is 4.68 Å². The maximum absolute atomic E-state index is 13.2. The molecule has 0 bridgehead atoms. The van der Waals surface area contributed by atoms with E-state index in [1.807, 2.05) is 42.2 Å². The lowest BCUT2D eigenvalue weighted by Crippen LogP contribution is -2.40. The van der Waals surface area contributed by atoms with Crippen molar-refractivity contribution in [2.24, 2.45) is 0 Å². The van der Waals surface area contributed by atoms with Crippen LogP contribution in [0.15, 0.2) is 47.9 Å². The van der Waals surface area contributed by atoms with Crippen molar-refractivity contribution in [3.05, 3.63) is 53.5 Å². The van der Waals surface area contributed by atoms with Crippen LogP contribution >= 0.6 is 0 Å². The Labute approximate surface area is 141 Å². The highest BCUT2D eigenvalue weighted by molar-refractivity contribution is 5.96. The molecule has 4 rings (SSSR count). The first-order valence-corrected chi connectivity index (χ1v) is 8.47. The molecule has 1 saturated heterocycles. The van der Waals surface area contributed by atoms with E-state index in [-0.39, 0.29) is 11.9 Å². The Kier molecular flexibility index (Phi) is 3.80. The van der Waals surface area contributed by atoms with Gasteiger partial charge in [0.25, 0.3) is 5.91 Å². The van der Waals surface area contributed by atoms with Gasteiger partial charge in [-0.15, -0.1) is 0 Å². The van der Waals surface area contributed by atoms with Crippen LogP contribution in [0.2, 0.25) is 0 Å². The molecule has 124 valence electrons. The number of likely N-dealkylation sites (tertiary alicyclic amines) is 1. The molecule has 2 aliphatic rings. The quantitative estimate of drug-likeness (QED) is 0.923. The second-order valence-electron chi connectivity index (χ2n) is 6.36. The number of amides is 1. The van der Waals surface area contributed by atoms with Crippen LogP contribution in [0, 0.1) is 0 Å². The zero-order valence-corrected chi connectivity index (χ0v) is 13.8. The average molecular weight is 323 g/mol. The summed E-state index contributed by atoms with van der Waals surface area (Å²) < 4.78 is 1.81. The number of aromatic nitrogens is 3. The van der Waals surface area contributed by atoms with E-state index < -0.39 is 0 Å². The fourth-order valence-corrected chi connectivity index (χ4v) is 3.58. The van der Waals surface area contributed by atoms with Crippen molar-refractivity contribution in [2.75, 3.05) is 18.4 Å². The van der Waals surface area contributed by atoms with Crippen molar-refractivity contribution in [1.82, 2.24) is 19.7 Å². The highest BCUT2D eigenvalue weighted by Crippen LogP contribution is 2.35. The van der Waals surface area contributed by atoms with Gasteiger partial charge in [-0.3, -0.25) is 4.79 Å². The molecule has 0 radical (unpaired) electrons. The summed E-state index contributed by atoms with van der Waals surface area (Å²) in [5.41, 5.74) is 2.67. The summed E-state index contributed by atoms with van der Waals surface area (Å²) in [5, 5.41) is 7.60. The molecule has 1 atom stereocenters. The van der Waals surface area contributed by atoms with E-state index in [2.05, 4.69) is 15.4 Å². The number of allylic oxidation sites excluding steroid dienone is 1. The van der Waals surface area contributed by atoms with Crippen molar-refractivity contribution >= 4 is 11.9 Å². The minimum Gasteiger partial charge on any atom is -0.339 e. The monoisotopic (exact) mass is 323 g/mol. The van der Waals surface area contributed by atoms with E-state index in [1.165, 1.54) is 12.7 Å². The van der Waals surface area contributed by atoms with Gasteiger partial charge in [-0.1, -0.05) is 30.3 Å². The van der Waals surface area contributed by atoms with E-state index >= 15 is 0 Å². The van der Waals surface area contributed by atoms with Crippen molar-refractivity contribution in [2.45, 2.75) is 32.2 Å². The molecule has 6 nitrogen and oxygen atoms in total. The third-order valence-corrected chi connectivity index (χ3v) is 4.78. The van der Waals surface area contributed by atoms with Crippen LogP contribution in [0.4, 0.5) is 5.95 Å². The fraction of sp³-hybridized carbons (Fsp3) is 0.389. The largest absolute Gasteiger partial charge is 0.339 e. The molecular formula is C18H21N5O. The number of benzene rings is 1. The molecule has 2 aliphatic heterocycles. The van der Waals surface area contributed by atoms with Gasteiger partial charge in [0.2, 0.25) is 5.95 Å². The molecule has 0 spiro atoms. The summed E-state index contributed by atoms with van der Waals surface area (Å²) in [5.74, 6) is 0.784. The number of carbonyl (C=O) groups is 1. The van der Waals surface area contributed by atoms with Gasteiger partial charge in [0.1, 0.15) is 12.4 Å². The number of fused-ring (bicyclic) bond motifs is 1. The standard InChI is InChI=1S/C18H21N5O/c1-13-15(17(24)22-10-6-3-7-11-22)16(14-8-4-2-5-9-14)23-18(21-13)19-12-20-23/h2,4-5,8-9,12,16H,3,6-7,10-11H2,1H3,(H,19,20,21). The predicted octanol–water partition coefficient (Wildman–Crippen LogP) is 2.58. The van der Waals surface area contributed by atoms with Crippen molar-refractivity contribution in [1.29, 1.82) is 0 Å². The molecule has 1 unspecified atom stereocenters. The summed E-state index contributed by atoms with van der Waals surface area (Å²) in [7, 11) is 0. The lowest BCUT2D eigenvalue weighted by molar-refractivity contribution is -0.128. The number of anilines is 1. The van der Waals surface area contributed by atoms with E-state index in [0.717, 1.165) is 42.8 Å². The summed E-state index contributed by atoms with van der Waals surface area (Å²) in [6.07, 6.45) is 4.89. The summed E-state index contributed by atoms with van der Waals surface area (Å²) in [4.78, 5) is 19.5. The average Bonchev–Trinajstić information content (AvgIpc) is 3.09. The van der Waals surface area contributed by atoms with Crippen LogP contribution in [0.1, 0.15) is 37.8 Å². The van der Waals surface area contributed by atoms with Gasteiger partial charge >= 0.3 is 0 Å². The molecular weight excluding hydrogens is 302 g/mol. The van der Waals surface area contributed by atoms with Crippen molar-refractivity contribution < 1.29 is 4.79 Å². The maximum Gasteiger partial charge on any atom is 0.254 e. The summed E-state index contributed by atoms with van der Waals surface area (Å²) >= 11 is 0. The van der Waals surface area contributed by atoms with Crippen LogP contribution in [-0.2, 0) is 4.79 Å². The topological polar surface area (TPSA) is 63.1 Å². The minimum atomic E-state index is -0.237. The molecule has 0 aliphatic carbocycles. The van der Waals surface area contributed by atoms with E-state index in [0.29, 0.717) is 5.95 Å². The second kappa shape index (κ2) is 6.11. The molecule has 6 heteroatoms. The van der Waals surface area contributed by atoms with Crippen LogP contribution in [-0.4, -0.2) is 38.7 Å². The lowest BCUT2D eigenvalue weighted by atomic mass is 9.94. The van der Waals surface area contributed by atoms with Gasteiger partial charge in [-0.2, -0.15) is 10.1 Å². The zero-order chi connectivity index (χ0) is 16.5. The second-order valence-corrected chi connectivity index (χ2v) is 6.36. The molecule has 1 amide bonds. The van der Waals surface area contributed by atoms with Gasteiger partial charge < -0.3 is 10.2 Å². The Morgan fingerprint density at radius 1 is 1.17 bits per heavy atom. The van der Waals surface area contributed by atoms with E-state index in [9.17, 15) is 4.79 Å². The summed E-state index contributed by atoms with van der Waals surface area (Å²) in [6.45, 7) is 3.62. The number of hydrogen-bond acceptors (Lipinski definition) is 4. The predicted molar refractivity (Wildman–Crippen MR) is 91.4 cm³/mol. The minimum absolute atomic E-state index is 0.106. The molecule has 1 aromatic heterocycles. The number of carbonyl (C=O) groups excluding carboxylic acids is 1. The van der Waals surface area contributed by atoms with E-state index in [4.69, 9.17) is 0 Å². The third-order valence-electron chi connectivity index (χ3n) is 4.78. The normalized spacial score (nSPS) is 20.5. The number of nitrogens with zero attached hydrogens (tertiary/aromatic N) is 4. The Bertz CT molecular complexity index is 774. The van der Waals surface area contributed by atoms with Crippen molar-refractivity contribution in [3.63, 3.8) is 0 Å². The molecule has 1 N–H and O–H groups in total. The van der Waals surface area contributed by atoms with Gasteiger partial charge in [0.15, 0.2) is 0 Å². The van der Waals surface area contributed by atoms with Gasteiger partial charge in [0.05, 0.1) is 5.57 Å². The molecule has 1 fully saturated rings. The molecule has 3 heterocycles. The Morgan fingerprint density at radius 3 is 2.67 bits per heavy atom. The van der Waals surface area contributed by atoms with Gasteiger partial charge in [-0.05, 0) is 31.7 Å². The highest BCUT2D eigenvalue weighted by Gasteiger charge is 2.35. The highest BCUT2D eigenvalue weighted by atomic mass is 16.2. The van der Waals surface area contributed by atoms with Crippen LogP contribution in [0.5, 0.6) is 0 Å². The van der Waals surface area contributed by atoms with Crippen LogP contribution in [0.25, 0.3) is 0 Å². The summed E-state index contributed by atoms with van der Waals surface area (Å²) in [6, 6.07) is 9.81. The first-order chi connectivity index (χ1) is 11.8. The lowest BCUT2D eigenvalue weighted by Gasteiger charge is -2.33. The van der Waals surface area contributed by atoms with Crippen LogP contribution < -0.4 is 5.32 Å². The van der Waals surface area contributed by atoms with Gasteiger partial charge in [-0.25, -0.2) is 4.68 Å².